The molecule has 0 aromatic carbocycles. The van der Waals surface area contributed by atoms with E-state index < -0.39 is 24.0 Å². The second kappa shape index (κ2) is 7.19. The van der Waals surface area contributed by atoms with Gasteiger partial charge in [0.1, 0.15) is 6.79 Å². The van der Waals surface area contributed by atoms with Gasteiger partial charge in [-0.05, 0) is 6.42 Å². The fourth-order valence-electron chi connectivity index (χ4n) is 1.24. The van der Waals surface area contributed by atoms with E-state index in [-0.39, 0.29) is 13.2 Å². The van der Waals surface area contributed by atoms with E-state index >= 15 is 0 Å². The van der Waals surface area contributed by atoms with Gasteiger partial charge in [0.25, 0.3) is 0 Å². The first-order valence-corrected chi connectivity index (χ1v) is 4.58. The molecule has 6 heteroatoms. The summed E-state index contributed by atoms with van der Waals surface area (Å²) in [5, 5.41) is 17.4. The second-order valence-corrected chi connectivity index (χ2v) is 3.06. The van der Waals surface area contributed by atoms with Crippen molar-refractivity contribution >= 4 is 11.9 Å². The highest BCUT2D eigenvalue weighted by Crippen LogP contribution is 2.16. The van der Waals surface area contributed by atoms with E-state index in [1.165, 1.54) is 7.11 Å². The molecule has 0 rings (SSSR count). The molecule has 0 aliphatic heterocycles. The number of carboxylic acid groups (broad SMARTS) is 2. The molecule has 0 aromatic rings. The van der Waals surface area contributed by atoms with E-state index in [0.717, 1.165) is 0 Å². The van der Waals surface area contributed by atoms with Crippen LogP contribution in [0.25, 0.3) is 0 Å². The highest BCUT2D eigenvalue weighted by Gasteiger charge is 2.29. The molecule has 0 radical (unpaired) electrons. The lowest BCUT2D eigenvalue weighted by Crippen LogP contribution is -2.32. The lowest BCUT2D eigenvalue weighted by atomic mass is 9.97. The number of aliphatic carboxylic acids is 2. The predicted molar refractivity (Wildman–Crippen MR) is 50.4 cm³/mol. The van der Waals surface area contributed by atoms with Crippen molar-refractivity contribution in [3.63, 3.8) is 0 Å². The average molecular weight is 220 g/mol. The van der Waals surface area contributed by atoms with Gasteiger partial charge in [0, 0.05) is 7.11 Å². The zero-order valence-corrected chi connectivity index (χ0v) is 8.80. The van der Waals surface area contributed by atoms with E-state index in [1.54, 1.807) is 6.92 Å². The Balaban J connectivity index is 4.42. The summed E-state index contributed by atoms with van der Waals surface area (Å²) in [7, 11) is 1.39. The Kier molecular flexibility index (Phi) is 6.64. The molecular weight excluding hydrogens is 204 g/mol. The molecule has 0 saturated carbocycles. The van der Waals surface area contributed by atoms with Crippen LogP contribution < -0.4 is 0 Å². The first-order chi connectivity index (χ1) is 7.02. The third kappa shape index (κ3) is 5.34. The van der Waals surface area contributed by atoms with Gasteiger partial charge in [-0.1, -0.05) is 6.92 Å². The van der Waals surface area contributed by atoms with E-state index in [0.29, 0.717) is 6.42 Å². The molecule has 2 atom stereocenters. The Bertz CT molecular complexity index is 215. The molecule has 15 heavy (non-hydrogen) atoms. The first-order valence-electron chi connectivity index (χ1n) is 4.58. The zero-order chi connectivity index (χ0) is 11.8. The van der Waals surface area contributed by atoms with Gasteiger partial charge in [0.15, 0.2) is 0 Å². The number of rotatable bonds is 8. The van der Waals surface area contributed by atoms with E-state index in [2.05, 4.69) is 4.74 Å². The maximum Gasteiger partial charge on any atom is 0.309 e. The van der Waals surface area contributed by atoms with Crippen LogP contribution in [-0.2, 0) is 19.1 Å². The van der Waals surface area contributed by atoms with Crippen molar-refractivity contribution in [1.29, 1.82) is 0 Å². The molecule has 0 heterocycles. The number of carboxylic acids is 2. The molecule has 0 aliphatic carbocycles. The van der Waals surface area contributed by atoms with Crippen molar-refractivity contribution in [2.24, 2.45) is 5.92 Å². The summed E-state index contributed by atoms with van der Waals surface area (Å²) >= 11 is 0. The van der Waals surface area contributed by atoms with Gasteiger partial charge in [0.2, 0.25) is 0 Å². The normalized spacial score (nSPS) is 14.5. The number of methoxy groups -OCH3 is 1. The summed E-state index contributed by atoms with van der Waals surface area (Å²) in [5.41, 5.74) is 0. The molecule has 1 unspecified atom stereocenters. The van der Waals surface area contributed by atoms with Gasteiger partial charge in [-0.3, -0.25) is 9.59 Å². The van der Waals surface area contributed by atoms with Crippen LogP contribution in [0.1, 0.15) is 19.8 Å². The summed E-state index contributed by atoms with van der Waals surface area (Å²) in [5.74, 6) is -2.97. The SMILES string of the molecule is CCC(C(=O)O)[C@@H](CC(=O)O)OCOC. The fourth-order valence-corrected chi connectivity index (χ4v) is 1.24. The Morgan fingerprint density at radius 1 is 1.33 bits per heavy atom. The van der Waals surface area contributed by atoms with Crippen LogP contribution in [0, 0.1) is 5.92 Å². The first kappa shape index (κ1) is 13.9. The van der Waals surface area contributed by atoms with Gasteiger partial charge in [-0.15, -0.1) is 0 Å². The highest BCUT2D eigenvalue weighted by molar-refractivity contribution is 5.73. The summed E-state index contributed by atoms with van der Waals surface area (Å²) in [6, 6.07) is 0. The third-order valence-electron chi connectivity index (χ3n) is 1.98. The molecule has 0 saturated heterocycles. The van der Waals surface area contributed by atoms with Crippen LogP contribution in [0.2, 0.25) is 0 Å². The van der Waals surface area contributed by atoms with Crippen molar-refractivity contribution in [1.82, 2.24) is 0 Å². The standard InChI is InChI=1S/C9H16O6/c1-3-6(9(12)13)7(4-8(10)11)15-5-14-2/h6-7H,3-5H2,1-2H3,(H,10,11)(H,12,13)/t6?,7-/m1/s1. The Hall–Kier alpha value is -1.14. The molecule has 88 valence electrons. The summed E-state index contributed by atoms with van der Waals surface area (Å²) in [6.45, 7) is 1.56. The van der Waals surface area contributed by atoms with Crippen molar-refractivity contribution < 1.29 is 29.3 Å². The molecule has 0 fully saturated rings. The van der Waals surface area contributed by atoms with Crippen LogP contribution in [0.4, 0.5) is 0 Å². The smallest absolute Gasteiger partial charge is 0.309 e. The van der Waals surface area contributed by atoms with Gasteiger partial charge in [-0.25, -0.2) is 0 Å². The monoisotopic (exact) mass is 220 g/mol. The summed E-state index contributed by atoms with van der Waals surface area (Å²) in [4.78, 5) is 21.3. The van der Waals surface area contributed by atoms with Crippen LogP contribution in [0.15, 0.2) is 0 Å². The van der Waals surface area contributed by atoms with E-state index in [1.807, 2.05) is 0 Å². The highest BCUT2D eigenvalue weighted by atomic mass is 16.7. The van der Waals surface area contributed by atoms with E-state index in [9.17, 15) is 9.59 Å². The Morgan fingerprint density at radius 3 is 2.27 bits per heavy atom. The third-order valence-corrected chi connectivity index (χ3v) is 1.98. The molecular formula is C9H16O6. The van der Waals surface area contributed by atoms with Gasteiger partial charge in [-0.2, -0.15) is 0 Å². The predicted octanol–water partition coefficient (Wildman–Crippen LogP) is 0.561. The van der Waals surface area contributed by atoms with Crippen molar-refractivity contribution in [3.05, 3.63) is 0 Å². The summed E-state index contributed by atoms with van der Waals surface area (Å²) in [6.07, 6.45) is -0.879. The lowest BCUT2D eigenvalue weighted by Gasteiger charge is -2.21. The van der Waals surface area contributed by atoms with Crippen molar-refractivity contribution in [3.8, 4) is 0 Å². The van der Waals surface area contributed by atoms with Gasteiger partial charge < -0.3 is 19.7 Å². The molecule has 0 aromatic heterocycles. The number of ether oxygens (including phenoxy) is 2. The zero-order valence-electron chi connectivity index (χ0n) is 8.80. The molecule has 6 nitrogen and oxygen atoms in total. The van der Waals surface area contributed by atoms with Gasteiger partial charge >= 0.3 is 11.9 Å². The van der Waals surface area contributed by atoms with Crippen LogP contribution in [0.3, 0.4) is 0 Å². The summed E-state index contributed by atoms with van der Waals surface area (Å²) < 4.78 is 9.65. The van der Waals surface area contributed by atoms with Crippen LogP contribution in [0.5, 0.6) is 0 Å². The number of carbonyl (C=O) groups is 2. The van der Waals surface area contributed by atoms with Crippen LogP contribution in [-0.4, -0.2) is 42.2 Å². The van der Waals surface area contributed by atoms with Crippen molar-refractivity contribution in [2.75, 3.05) is 13.9 Å². The number of hydrogen-bond acceptors (Lipinski definition) is 4. The van der Waals surface area contributed by atoms with Crippen LogP contribution >= 0.6 is 0 Å². The molecule has 0 amide bonds. The minimum absolute atomic E-state index is 0.109. The Morgan fingerprint density at radius 2 is 1.93 bits per heavy atom. The quantitative estimate of drug-likeness (QED) is 0.580. The molecule has 0 spiro atoms. The van der Waals surface area contributed by atoms with E-state index in [4.69, 9.17) is 14.9 Å². The maximum absolute atomic E-state index is 10.8. The second-order valence-electron chi connectivity index (χ2n) is 3.06. The average Bonchev–Trinajstić information content (AvgIpc) is 2.13. The maximum atomic E-state index is 10.8. The minimum Gasteiger partial charge on any atom is -0.481 e. The lowest BCUT2D eigenvalue weighted by molar-refractivity contribution is -0.158. The number of hydrogen-bond donors (Lipinski definition) is 2. The van der Waals surface area contributed by atoms with Crippen molar-refractivity contribution in [2.45, 2.75) is 25.9 Å². The molecule has 0 bridgehead atoms. The Labute approximate surface area is 87.8 Å². The largest absolute Gasteiger partial charge is 0.481 e. The molecule has 2 N–H and O–H groups in total. The minimum atomic E-state index is -1.09. The molecule has 0 aliphatic rings. The fraction of sp³-hybridized carbons (Fsp3) is 0.778. The topological polar surface area (TPSA) is 93.1 Å². The van der Waals surface area contributed by atoms with Gasteiger partial charge in [0.05, 0.1) is 18.4 Å².